The van der Waals surface area contributed by atoms with Crippen molar-refractivity contribution in [1.29, 1.82) is 0 Å². The topological polar surface area (TPSA) is 26.3 Å². The average Bonchev–Trinajstić information content (AvgIpc) is 3.08. The van der Waals surface area contributed by atoms with Crippen LogP contribution in [0.25, 0.3) is 0 Å². The van der Waals surface area contributed by atoms with Crippen LogP contribution in [0.4, 0.5) is 0 Å². The van der Waals surface area contributed by atoms with Gasteiger partial charge in [-0.25, -0.2) is 0 Å². The molecule has 0 aliphatic heterocycles. The molecule has 0 unspecified atom stereocenters. The second-order valence-corrected chi connectivity index (χ2v) is 5.78. The van der Waals surface area contributed by atoms with E-state index in [4.69, 9.17) is 4.74 Å². The minimum atomic E-state index is 0.0409. The number of Topliss-reactive ketones (excluding diaryl/α,β-unsaturated/α-hetero) is 1. The zero-order chi connectivity index (χ0) is 12.5. The van der Waals surface area contributed by atoms with Gasteiger partial charge < -0.3 is 4.74 Å². The Balaban J connectivity index is 2.06. The second-order valence-electron chi connectivity index (χ2n) is 5.78. The second kappa shape index (κ2) is 4.52. The van der Waals surface area contributed by atoms with Gasteiger partial charge in [-0.2, -0.15) is 0 Å². The largest absolute Gasteiger partial charge is 0.486 e. The van der Waals surface area contributed by atoms with Gasteiger partial charge in [0.25, 0.3) is 0 Å². The summed E-state index contributed by atoms with van der Waals surface area (Å²) in [6, 6.07) is 7.97. The van der Waals surface area contributed by atoms with Crippen LogP contribution in [-0.4, -0.2) is 12.4 Å². The van der Waals surface area contributed by atoms with E-state index in [-0.39, 0.29) is 23.7 Å². The summed E-state index contributed by atoms with van der Waals surface area (Å²) in [4.78, 5) is 11.6. The molecule has 2 nitrogen and oxygen atoms in total. The maximum Gasteiger partial charge on any atom is 0.173 e. The molecule has 0 saturated heterocycles. The molecule has 0 heterocycles. The number of hydrogen-bond acceptors (Lipinski definition) is 2. The molecule has 0 atom stereocenters. The highest BCUT2D eigenvalue weighted by molar-refractivity contribution is 5.84. The Labute approximate surface area is 103 Å². The number of carbonyl (C=O) groups excluding carboxylic acids is 1. The molecular formula is C15H20O2. The summed E-state index contributed by atoms with van der Waals surface area (Å²) in [5.41, 5.74) is 1.20. The third kappa shape index (κ3) is 3.09. The Morgan fingerprint density at radius 3 is 2.53 bits per heavy atom. The highest BCUT2D eigenvalue weighted by Crippen LogP contribution is 2.32. The van der Waals surface area contributed by atoms with E-state index < -0.39 is 0 Å². The Kier molecular flexibility index (Phi) is 3.23. The Hall–Kier alpha value is -1.31. The minimum absolute atomic E-state index is 0.0409. The van der Waals surface area contributed by atoms with Gasteiger partial charge in [-0.05, 0) is 29.9 Å². The van der Waals surface area contributed by atoms with Crippen molar-refractivity contribution in [2.24, 2.45) is 5.92 Å². The van der Waals surface area contributed by atoms with E-state index >= 15 is 0 Å². The molecule has 0 N–H and O–H groups in total. The first-order valence-electron chi connectivity index (χ1n) is 6.23. The summed E-state index contributed by atoms with van der Waals surface area (Å²) >= 11 is 0. The van der Waals surface area contributed by atoms with Crippen LogP contribution in [0.3, 0.4) is 0 Å². The van der Waals surface area contributed by atoms with Gasteiger partial charge in [0.1, 0.15) is 12.4 Å². The van der Waals surface area contributed by atoms with E-state index in [1.165, 1.54) is 0 Å². The minimum Gasteiger partial charge on any atom is -0.486 e. The molecule has 1 fully saturated rings. The molecular weight excluding hydrogens is 212 g/mol. The fourth-order valence-corrected chi connectivity index (χ4v) is 1.88. The molecule has 1 aromatic carbocycles. The van der Waals surface area contributed by atoms with Crippen molar-refractivity contribution in [1.82, 2.24) is 0 Å². The lowest BCUT2D eigenvalue weighted by atomic mass is 9.86. The Morgan fingerprint density at radius 1 is 1.29 bits per heavy atom. The molecule has 2 rings (SSSR count). The van der Waals surface area contributed by atoms with E-state index in [0.29, 0.717) is 0 Å². The summed E-state index contributed by atoms with van der Waals surface area (Å²) in [6.45, 7) is 6.67. The van der Waals surface area contributed by atoms with Crippen LogP contribution < -0.4 is 4.74 Å². The van der Waals surface area contributed by atoms with Crippen molar-refractivity contribution >= 4 is 5.78 Å². The predicted octanol–water partition coefficient (Wildman–Crippen LogP) is 3.34. The third-order valence-electron chi connectivity index (χ3n) is 3.10. The van der Waals surface area contributed by atoms with Crippen LogP contribution in [0, 0.1) is 5.92 Å². The lowest BCUT2D eigenvalue weighted by molar-refractivity contribution is -0.122. The molecule has 1 saturated carbocycles. The first kappa shape index (κ1) is 12.2. The number of rotatable bonds is 4. The number of ketones is 1. The summed E-state index contributed by atoms with van der Waals surface area (Å²) < 4.78 is 5.68. The summed E-state index contributed by atoms with van der Waals surface area (Å²) in [5, 5.41) is 0. The molecule has 1 aliphatic carbocycles. The van der Waals surface area contributed by atoms with Gasteiger partial charge in [0.05, 0.1) is 0 Å². The maximum absolute atomic E-state index is 11.6. The maximum atomic E-state index is 11.6. The molecule has 1 aromatic rings. The fraction of sp³-hybridized carbons (Fsp3) is 0.533. The van der Waals surface area contributed by atoms with Gasteiger partial charge in [-0.3, -0.25) is 4.79 Å². The summed E-state index contributed by atoms with van der Waals surface area (Å²) in [7, 11) is 0. The van der Waals surface area contributed by atoms with Crippen molar-refractivity contribution in [2.75, 3.05) is 6.61 Å². The number of para-hydroxylation sites is 1. The molecule has 2 heteroatoms. The van der Waals surface area contributed by atoms with Gasteiger partial charge in [-0.15, -0.1) is 0 Å². The molecule has 92 valence electrons. The Morgan fingerprint density at radius 2 is 1.94 bits per heavy atom. The zero-order valence-electron chi connectivity index (χ0n) is 10.8. The van der Waals surface area contributed by atoms with Crippen LogP contribution in [0.5, 0.6) is 5.75 Å². The molecule has 1 aliphatic rings. The van der Waals surface area contributed by atoms with Gasteiger partial charge in [0.15, 0.2) is 5.78 Å². The van der Waals surface area contributed by atoms with Crippen LogP contribution in [-0.2, 0) is 10.2 Å². The molecule has 0 radical (unpaired) electrons. The summed E-state index contributed by atoms with van der Waals surface area (Å²) in [6.07, 6.45) is 2.09. The van der Waals surface area contributed by atoms with Crippen molar-refractivity contribution in [2.45, 2.75) is 39.0 Å². The average molecular weight is 232 g/mol. The van der Waals surface area contributed by atoms with E-state index in [1.54, 1.807) is 0 Å². The van der Waals surface area contributed by atoms with Crippen LogP contribution in [0.2, 0.25) is 0 Å². The first-order chi connectivity index (χ1) is 7.98. The highest BCUT2D eigenvalue weighted by Gasteiger charge is 2.30. The molecule has 0 amide bonds. The standard InChI is InChI=1S/C15H20O2/c1-15(2,3)12-6-4-5-7-14(12)17-10-13(16)11-8-9-11/h4-7,11H,8-10H2,1-3H3. The van der Waals surface area contributed by atoms with Crippen molar-refractivity contribution in [3.8, 4) is 5.75 Å². The first-order valence-corrected chi connectivity index (χ1v) is 6.23. The SMILES string of the molecule is CC(C)(C)c1ccccc1OCC(=O)C1CC1. The quantitative estimate of drug-likeness (QED) is 0.795. The van der Waals surface area contributed by atoms with Gasteiger partial charge in [0, 0.05) is 5.92 Å². The molecule has 0 aromatic heterocycles. The van der Waals surface area contributed by atoms with Crippen molar-refractivity contribution in [3.63, 3.8) is 0 Å². The van der Waals surface area contributed by atoms with E-state index in [0.717, 1.165) is 24.2 Å². The van der Waals surface area contributed by atoms with Crippen LogP contribution >= 0.6 is 0 Å². The molecule has 0 spiro atoms. The van der Waals surface area contributed by atoms with Crippen LogP contribution in [0.1, 0.15) is 39.2 Å². The van der Waals surface area contributed by atoms with E-state index in [1.807, 2.05) is 18.2 Å². The normalized spacial score (nSPS) is 15.7. The van der Waals surface area contributed by atoms with E-state index in [2.05, 4.69) is 26.8 Å². The molecule has 0 bridgehead atoms. The number of hydrogen-bond donors (Lipinski definition) is 0. The fourth-order valence-electron chi connectivity index (χ4n) is 1.88. The lowest BCUT2D eigenvalue weighted by Gasteiger charge is -2.22. The number of ether oxygens (including phenoxy) is 1. The monoisotopic (exact) mass is 232 g/mol. The number of carbonyl (C=O) groups is 1. The van der Waals surface area contributed by atoms with Gasteiger partial charge in [0.2, 0.25) is 0 Å². The van der Waals surface area contributed by atoms with Crippen LogP contribution in [0.15, 0.2) is 24.3 Å². The van der Waals surface area contributed by atoms with Crippen molar-refractivity contribution < 1.29 is 9.53 Å². The predicted molar refractivity (Wildman–Crippen MR) is 68.4 cm³/mol. The lowest BCUT2D eigenvalue weighted by Crippen LogP contribution is -2.17. The third-order valence-corrected chi connectivity index (χ3v) is 3.10. The van der Waals surface area contributed by atoms with Gasteiger partial charge >= 0.3 is 0 Å². The van der Waals surface area contributed by atoms with Gasteiger partial charge in [-0.1, -0.05) is 39.0 Å². The smallest absolute Gasteiger partial charge is 0.173 e. The highest BCUT2D eigenvalue weighted by atomic mass is 16.5. The van der Waals surface area contributed by atoms with Crippen molar-refractivity contribution in [3.05, 3.63) is 29.8 Å². The summed E-state index contributed by atoms with van der Waals surface area (Å²) in [5.74, 6) is 1.36. The number of benzene rings is 1. The zero-order valence-corrected chi connectivity index (χ0v) is 10.8. The molecule has 17 heavy (non-hydrogen) atoms. The van der Waals surface area contributed by atoms with E-state index in [9.17, 15) is 4.79 Å². The Bertz CT molecular complexity index is 411.